The van der Waals surface area contributed by atoms with Crippen LogP contribution in [0.15, 0.2) is 42.7 Å². The number of sulfonamides is 1. The van der Waals surface area contributed by atoms with Gasteiger partial charge < -0.3 is 10.1 Å². The standard InChI is InChI=1S/C19H26N4O4S/c1-27-17-7-3-6-16(12-17)13-19(14-23(15-19)28(2,25)26)18(24)20-8-4-10-22-11-5-9-21-22/h3,5-7,9,11-12H,4,8,10,13-15H2,1-2H3,(H,20,24). The van der Waals surface area contributed by atoms with Crippen LogP contribution < -0.4 is 10.1 Å². The zero-order valence-electron chi connectivity index (χ0n) is 16.2. The Balaban J connectivity index is 1.65. The number of nitrogens with one attached hydrogen (secondary N) is 1. The van der Waals surface area contributed by atoms with Crippen molar-refractivity contribution in [2.75, 3.05) is 33.0 Å². The molecular weight excluding hydrogens is 380 g/mol. The molecule has 1 aromatic carbocycles. The zero-order valence-corrected chi connectivity index (χ0v) is 17.0. The fraction of sp³-hybridized carbons (Fsp3) is 0.474. The summed E-state index contributed by atoms with van der Waals surface area (Å²) in [5.41, 5.74) is 0.181. The molecule has 152 valence electrons. The van der Waals surface area contributed by atoms with Crippen molar-refractivity contribution < 1.29 is 17.9 Å². The van der Waals surface area contributed by atoms with Crippen LogP contribution in [0, 0.1) is 5.41 Å². The lowest BCUT2D eigenvalue weighted by Crippen LogP contribution is -2.65. The maximum atomic E-state index is 13.0. The van der Waals surface area contributed by atoms with Gasteiger partial charge in [-0.2, -0.15) is 9.40 Å². The molecule has 2 aromatic rings. The number of ether oxygens (including phenoxy) is 1. The maximum absolute atomic E-state index is 13.0. The van der Waals surface area contributed by atoms with Crippen molar-refractivity contribution in [1.82, 2.24) is 19.4 Å². The summed E-state index contributed by atoms with van der Waals surface area (Å²) in [5.74, 6) is 0.599. The number of hydrogen-bond donors (Lipinski definition) is 1. The number of carbonyl (C=O) groups is 1. The quantitative estimate of drug-likeness (QED) is 0.625. The van der Waals surface area contributed by atoms with Gasteiger partial charge in [-0.25, -0.2) is 8.42 Å². The van der Waals surface area contributed by atoms with Gasteiger partial charge in [-0.15, -0.1) is 0 Å². The van der Waals surface area contributed by atoms with Crippen molar-refractivity contribution in [2.45, 2.75) is 19.4 Å². The Morgan fingerprint density at radius 1 is 1.32 bits per heavy atom. The third-order valence-corrected chi connectivity index (χ3v) is 6.19. The second-order valence-electron chi connectivity index (χ2n) is 7.22. The molecule has 0 radical (unpaired) electrons. The number of aromatic nitrogens is 2. The largest absolute Gasteiger partial charge is 0.497 e. The molecule has 0 aliphatic carbocycles. The number of amides is 1. The molecule has 0 bridgehead atoms. The molecule has 0 unspecified atom stereocenters. The van der Waals surface area contributed by atoms with Crippen LogP contribution in [0.4, 0.5) is 0 Å². The Kier molecular flexibility index (Phi) is 6.04. The van der Waals surface area contributed by atoms with Crippen molar-refractivity contribution in [3.05, 3.63) is 48.3 Å². The van der Waals surface area contributed by atoms with Crippen LogP contribution in [0.1, 0.15) is 12.0 Å². The second kappa shape index (κ2) is 8.32. The van der Waals surface area contributed by atoms with Crippen LogP contribution in [-0.4, -0.2) is 61.4 Å². The van der Waals surface area contributed by atoms with Crippen molar-refractivity contribution in [3.8, 4) is 5.75 Å². The van der Waals surface area contributed by atoms with Gasteiger partial charge in [0, 0.05) is 38.6 Å². The van der Waals surface area contributed by atoms with E-state index in [0.717, 1.165) is 12.0 Å². The first-order valence-electron chi connectivity index (χ1n) is 9.16. The topological polar surface area (TPSA) is 93.5 Å². The van der Waals surface area contributed by atoms with Gasteiger partial charge in [-0.05, 0) is 36.6 Å². The predicted octanol–water partition coefficient (Wildman–Crippen LogP) is 0.902. The normalized spacial score (nSPS) is 16.4. The summed E-state index contributed by atoms with van der Waals surface area (Å²) >= 11 is 0. The molecule has 1 aliphatic rings. The Labute approximate surface area is 165 Å². The Morgan fingerprint density at radius 3 is 2.75 bits per heavy atom. The third-order valence-electron chi connectivity index (χ3n) is 4.99. The molecule has 1 N–H and O–H groups in total. The van der Waals surface area contributed by atoms with Crippen molar-refractivity contribution >= 4 is 15.9 Å². The number of rotatable bonds is 9. The predicted molar refractivity (Wildman–Crippen MR) is 105 cm³/mol. The Bertz CT molecular complexity index is 906. The van der Waals surface area contributed by atoms with E-state index in [0.29, 0.717) is 25.3 Å². The van der Waals surface area contributed by atoms with Crippen LogP contribution in [0.2, 0.25) is 0 Å². The number of aryl methyl sites for hydroxylation is 1. The van der Waals surface area contributed by atoms with E-state index in [1.165, 1.54) is 10.6 Å². The Hall–Kier alpha value is -2.39. The van der Waals surface area contributed by atoms with E-state index in [2.05, 4.69) is 10.4 Å². The van der Waals surface area contributed by atoms with Gasteiger partial charge in [0.1, 0.15) is 5.75 Å². The van der Waals surface area contributed by atoms with Gasteiger partial charge in [0.2, 0.25) is 15.9 Å². The van der Waals surface area contributed by atoms with Crippen molar-refractivity contribution in [2.24, 2.45) is 5.41 Å². The number of nitrogens with zero attached hydrogens (tertiary/aromatic N) is 3. The first-order chi connectivity index (χ1) is 13.3. The molecule has 1 amide bonds. The highest BCUT2D eigenvalue weighted by Gasteiger charge is 2.52. The number of hydrogen-bond acceptors (Lipinski definition) is 5. The first-order valence-corrected chi connectivity index (χ1v) is 11.0. The van der Waals surface area contributed by atoms with Crippen LogP contribution in [0.25, 0.3) is 0 Å². The minimum Gasteiger partial charge on any atom is -0.497 e. The van der Waals surface area contributed by atoms with E-state index in [9.17, 15) is 13.2 Å². The van der Waals surface area contributed by atoms with Crippen LogP contribution in [0.3, 0.4) is 0 Å². The van der Waals surface area contributed by atoms with Crippen molar-refractivity contribution in [3.63, 3.8) is 0 Å². The second-order valence-corrected chi connectivity index (χ2v) is 9.20. The minimum absolute atomic E-state index is 0.115. The smallest absolute Gasteiger partial charge is 0.229 e. The molecule has 3 rings (SSSR count). The van der Waals surface area contributed by atoms with Gasteiger partial charge in [0.05, 0.1) is 18.8 Å². The summed E-state index contributed by atoms with van der Waals surface area (Å²) in [4.78, 5) is 13.0. The lowest BCUT2D eigenvalue weighted by molar-refractivity contribution is -0.137. The van der Waals surface area contributed by atoms with E-state index in [4.69, 9.17) is 4.74 Å². The molecule has 1 saturated heterocycles. The van der Waals surface area contributed by atoms with E-state index in [1.807, 2.05) is 41.2 Å². The van der Waals surface area contributed by atoms with E-state index in [1.54, 1.807) is 13.3 Å². The highest BCUT2D eigenvalue weighted by atomic mass is 32.2. The average Bonchev–Trinajstić information content (AvgIpc) is 3.14. The highest BCUT2D eigenvalue weighted by Crippen LogP contribution is 2.36. The van der Waals surface area contributed by atoms with Crippen LogP contribution in [0.5, 0.6) is 5.75 Å². The molecule has 1 aliphatic heterocycles. The summed E-state index contributed by atoms with van der Waals surface area (Å²) in [6.07, 6.45) is 5.97. The third kappa shape index (κ3) is 4.71. The lowest BCUT2D eigenvalue weighted by atomic mass is 9.75. The summed E-state index contributed by atoms with van der Waals surface area (Å²) < 4.78 is 32.1. The number of benzene rings is 1. The summed E-state index contributed by atoms with van der Waals surface area (Å²) in [5, 5.41) is 7.11. The van der Waals surface area contributed by atoms with Crippen LogP contribution >= 0.6 is 0 Å². The molecule has 9 heteroatoms. The zero-order chi connectivity index (χ0) is 20.2. The lowest BCUT2D eigenvalue weighted by Gasteiger charge is -2.47. The molecule has 0 atom stereocenters. The number of methoxy groups -OCH3 is 1. The van der Waals surface area contributed by atoms with Crippen LogP contribution in [-0.2, 0) is 27.8 Å². The highest BCUT2D eigenvalue weighted by molar-refractivity contribution is 7.88. The average molecular weight is 407 g/mol. The molecule has 0 saturated carbocycles. The van der Waals surface area contributed by atoms with E-state index >= 15 is 0 Å². The fourth-order valence-corrected chi connectivity index (χ4v) is 4.40. The fourth-order valence-electron chi connectivity index (χ4n) is 3.44. The summed E-state index contributed by atoms with van der Waals surface area (Å²) in [6.45, 7) is 1.60. The first kappa shape index (κ1) is 20.3. The maximum Gasteiger partial charge on any atom is 0.229 e. The van der Waals surface area contributed by atoms with Gasteiger partial charge in [0.25, 0.3) is 0 Å². The van der Waals surface area contributed by atoms with E-state index < -0.39 is 15.4 Å². The van der Waals surface area contributed by atoms with Gasteiger partial charge in [-0.3, -0.25) is 9.48 Å². The molecule has 28 heavy (non-hydrogen) atoms. The number of carbonyl (C=O) groups excluding carboxylic acids is 1. The summed E-state index contributed by atoms with van der Waals surface area (Å²) in [6, 6.07) is 9.38. The molecule has 0 spiro atoms. The van der Waals surface area contributed by atoms with Gasteiger partial charge >= 0.3 is 0 Å². The SMILES string of the molecule is COc1cccc(CC2(C(=O)NCCCn3cccn3)CN(S(C)(=O)=O)C2)c1. The molecular formula is C19H26N4O4S. The molecule has 2 heterocycles. The van der Waals surface area contributed by atoms with Gasteiger partial charge in [0.15, 0.2) is 0 Å². The monoisotopic (exact) mass is 406 g/mol. The summed E-state index contributed by atoms with van der Waals surface area (Å²) in [7, 11) is -1.72. The van der Waals surface area contributed by atoms with E-state index in [-0.39, 0.29) is 19.0 Å². The van der Waals surface area contributed by atoms with Crippen molar-refractivity contribution in [1.29, 1.82) is 0 Å². The molecule has 1 aromatic heterocycles. The molecule has 1 fully saturated rings. The minimum atomic E-state index is -3.31. The Morgan fingerprint density at radius 2 is 2.11 bits per heavy atom. The molecule has 8 nitrogen and oxygen atoms in total. The van der Waals surface area contributed by atoms with Gasteiger partial charge in [-0.1, -0.05) is 12.1 Å².